The highest BCUT2D eigenvalue weighted by atomic mass is 35.5. The summed E-state index contributed by atoms with van der Waals surface area (Å²) >= 11 is 6.31. The lowest BCUT2D eigenvalue weighted by Crippen LogP contribution is -2.41. The largest absolute Gasteiger partial charge is 0.348 e. The van der Waals surface area contributed by atoms with Crippen LogP contribution in [0.5, 0.6) is 0 Å². The second-order valence-electron chi connectivity index (χ2n) is 6.91. The van der Waals surface area contributed by atoms with Gasteiger partial charge >= 0.3 is 0 Å². The Morgan fingerprint density at radius 1 is 1.41 bits per heavy atom. The highest BCUT2D eigenvalue weighted by Crippen LogP contribution is 2.35. The van der Waals surface area contributed by atoms with Crippen molar-refractivity contribution >= 4 is 23.0 Å². The van der Waals surface area contributed by atoms with E-state index in [1.54, 1.807) is 34.1 Å². The molecule has 148 valence electrons. The van der Waals surface area contributed by atoms with E-state index in [0.29, 0.717) is 23.7 Å². The molecule has 0 spiro atoms. The molecular weight excluding hydrogens is 397 g/mol. The highest BCUT2D eigenvalue weighted by molar-refractivity contribution is 6.33. The summed E-state index contributed by atoms with van der Waals surface area (Å²) in [6.45, 7) is 1.78. The Morgan fingerprint density at radius 3 is 3.07 bits per heavy atom. The molecule has 1 aliphatic rings. The van der Waals surface area contributed by atoms with Crippen LogP contribution in [-0.2, 0) is 6.42 Å². The Bertz CT molecular complexity index is 1210. The molecule has 4 aromatic heterocycles. The van der Waals surface area contributed by atoms with Gasteiger partial charge in [0.25, 0.3) is 5.91 Å². The Kier molecular flexibility index (Phi) is 4.13. The van der Waals surface area contributed by atoms with Crippen molar-refractivity contribution in [1.82, 2.24) is 34.3 Å². The van der Waals surface area contributed by atoms with E-state index >= 15 is 0 Å². The van der Waals surface area contributed by atoms with Gasteiger partial charge in [-0.25, -0.2) is 18.6 Å². The first kappa shape index (κ1) is 17.9. The number of imidazole rings is 1. The number of H-pyrrole nitrogens is 1. The summed E-state index contributed by atoms with van der Waals surface area (Å²) in [4.78, 5) is 22.6. The molecule has 0 saturated heterocycles. The summed E-state index contributed by atoms with van der Waals surface area (Å²) in [6.07, 6.45) is 4.03. The predicted molar refractivity (Wildman–Crippen MR) is 103 cm³/mol. The number of hydrogen-bond donors (Lipinski definition) is 1. The zero-order chi connectivity index (χ0) is 20.1. The number of pyridine rings is 1. The van der Waals surface area contributed by atoms with Crippen LogP contribution in [-0.4, -0.2) is 46.7 Å². The second kappa shape index (κ2) is 6.70. The molecule has 1 amide bonds. The molecule has 8 nitrogen and oxygen atoms in total. The summed E-state index contributed by atoms with van der Waals surface area (Å²) in [5, 5.41) is 9.14. The third-order valence-corrected chi connectivity index (χ3v) is 5.48. The van der Waals surface area contributed by atoms with Crippen molar-refractivity contribution in [3.05, 3.63) is 70.8 Å². The maximum atomic E-state index is 13.9. The Morgan fingerprint density at radius 2 is 2.28 bits per heavy atom. The minimum Gasteiger partial charge on any atom is -0.348 e. The fourth-order valence-corrected chi connectivity index (χ4v) is 4.06. The van der Waals surface area contributed by atoms with Crippen LogP contribution in [0.3, 0.4) is 0 Å². The van der Waals surface area contributed by atoms with E-state index in [1.165, 1.54) is 19.2 Å². The molecule has 0 radical (unpaired) electrons. The number of fused-ring (bicyclic) bond motifs is 2. The molecule has 0 saturated carbocycles. The molecular formula is C19H17ClFN7O. The number of aromatic amines is 1. The van der Waals surface area contributed by atoms with Crippen molar-refractivity contribution in [3.8, 4) is 0 Å². The number of carbonyl (C=O) groups is 1. The minimum absolute atomic E-state index is 0.186. The molecule has 1 N–H and O–H groups in total. The molecule has 29 heavy (non-hydrogen) atoms. The molecule has 0 bridgehead atoms. The predicted octanol–water partition coefficient (Wildman–Crippen LogP) is 3.18. The summed E-state index contributed by atoms with van der Waals surface area (Å²) in [6, 6.07) is 6.44. The van der Waals surface area contributed by atoms with Gasteiger partial charge in [0.05, 0.1) is 28.3 Å². The van der Waals surface area contributed by atoms with Crippen molar-refractivity contribution in [2.24, 2.45) is 0 Å². The fraction of sp³-hybridized carbons (Fsp3) is 0.263. The first-order valence-electron chi connectivity index (χ1n) is 9.19. The van der Waals surface area contributed by atoms with Crippen LogP contribution in [0.4, 0.5) is 4.39 Å². The summed E-state index contributed by atoms with van der Waals surface area (Å²) < 4.78 is 16.7. The lowest BCUT2D eigenvalue weighted by atomic mass is 9.99. The monoisotopic (exact) mass is 413 g/mol. The number of hydrogen-bond acceptors (Lipinski definition) is 4. The number of nitrogens with one attached hydrogen (secondary N) is 1. The molecule has 5 rings (SSSR count). The first-order chi connectivity index (χ1) is 14.0. The van der Waals surface area contributed by atoms with Crippen LogP contribution in [0.25, 0.3) is 5.52 Å². The van der Waals surface area contributed by atoms with E-state index < -0.39 is 12.3 Å². The SMILES string of the molecule is CC(F)n1nccc1C(=O)N1CCc2[nH]cnc2[C@@H]1c1cc2c(Cl)cccn2n1. The second-order valence-corrected chi connectivity index (χ2v) is 7.31. The van der Waals surface area contributed by atoms with Crippen LogP contribution >= 0.6 is 11.6 Å². The van der Waals surface area contributed by atoms with Crippen molar-refractivity contribution in [2.45, 2.75) is 25.7 Å². The van der Waals surface area contributed by atoms with Crippen LogP contribution in [0.2, 0.25) is 5.02 Å². The van der Waals surface area contributed by atoms with E-state index in [2.05, 4.69) is 20.2 Å². The smallest absolute Gasteiger partial charge is 0.273 e. The van der Waals surface area contributed by atoms with Gasteiger partial charge in [-0.2, -0.15) is 10.2 Å². The molecule has 4 aromatic rings. The van der Waals surface area contributed by atoms with Gasteiger partial charge in [0.15, 0.2) is 6.30 Å². The zero-order valence-corrected chi connectivity index (χ0v) is 16.2. The fourth-order valence-electron chi connectivity index (χ4n) is 3.84. The summed E-state index contributed by atoms with van der Waals surface area (Å²) in [5.41, 5.74) is 3.24. The average molecular weight is 414 g/mol. The molecule has 2 atom stereocenters. The number of alkyl halides is 1. The van der Waals surface area contributed by atoms with Gasteiger partial charge in [0, 0.05) is 31.1 Å². The van der Waals surface area contributed by atoms with Crippen LogP contribution in [0, 0.1) is 0 Å². The van der Waals surface area contributed by atoms with Gasteiger partial charge in [-0.05, 0) is 31.2 Å². The van der Waals surface area contributed by atoms with E-state index in [9.17, 15) is 9.18 Å². The van der Waals surface area contributed by atoms with Crippen LogP contribution in [0.15, 0.2) is 43.0 Å². The van der Waals surface area contributed by atoms with Crippen molar-refractivity contribution in [3.63, 3.8) is 0 Å². The van der Waals surface area contributed by atoms with E-state index in [0.717, 1.165) is 21.6 Å². The van der Waals surface area contributed by atoms with Crippen LogP contribution < -0.4 is 0 Å². The third kappa shape index (κ3) is 2.80. The first-order valence-corrected chi connectivity index (χ1v) is 9.57. The standard InChI is InChI=1S/C19H17ClFN7O/c1-11(21)28-15(4-6-24-28)19(29)26-8-5-13-17(23-10-22-13)18(26)14-9-16-12(20)3-2-7-27(16)25-14/h2-4,6-7,9-11,18H,5,8H2,1H3,(H,22,23)/t11?,18-/m0/s1. The third-order valence-electron chi connectivity index (χ3n) is 5.16. The van der Waals surface area contributed by atoms with Gasteiger partial charge in [0.2, 0.25) is 0 Å². The Hall–Kier alpha value is -3.20. The summed E-state index contributed by atoms with van der Waals surface area (Å²) in [7, 11) is 0. The maximum Gasteiger partial charge on any atom is 0.273 e. The van der Waals surface area contributed by atoms with Gasteiger partial charge in [-0.3, -0.25) is 4.79 Å². The van der Waals surface area contributed by atoms with Crippen molar-refractivity contribution in [2.75, 3.05) is 6.54 Å². The lowest BCUT2D eigenvalue weighted by Gasteiger charge is -2.34. The Labute approximate surface area is 169 Å². The maximum absolute atomic E-state index is 13.9. The summed E-state index contributed by atoms with van der Waals surface area (Å²) in [5.74, 6) is -0.325. The van der Waals surface area contributed by atoms with Gasteiger partial charge in [-0.15, -0.1) is 0 Å². The number of nitrogens with zero attached hydrogens (tertiary/aromatic N) is 6. The van der Waals surface area contributed by atoms with E-state index in [1.807, 2.05) is 6.07 Å². The van der Waals surface area contributed by atoms with E-state index in [-0.39, 0.29) is 11.6 Å². The lowest BCUT2D eigenvalue weighted by molar-refractivity contribution is 0.0662. The van der Waals surface area contributed by atoms with E-state index in [4.69, 9.17) is 11.6 Å². The van der Waals surface area contributed by atoms with Crippen molar-refractivity contribution < 1.29 is 9.18 Å². The molecule has 0 aromatic carbocycles. The number of aromatic nitrogens is 6. The number of amides is 1. The van der Waals surface area contributed by atoms with Gasteiger partial charge in [-0.1, -0.05) is 11.6 Å². The van der Waals surface area contributed by atoms with Gasteiger partial charge in [0.1, 0.15) is 11.7 Å². The number of carbonyl (C=O) groups excluding carboxylic acids is 1. The zero-order valence-electron chi connectivity index (χ0n) is 15.5. The molecule has 1 unspecified atom stereocenters. The number of halogens is 2. The minimum atomic E-state index is -1.41. The van der Waals surface area contributed by atoms with Gasteiger partial charge < -0.3 is 9.88 Å². The molecule has 1 aliphatic heterocycles. The molecule has 0 aliphatic carbocycles. The average Bonchev–Trinajstić information content (AvgIpc) is 3.44. The highest BCUT2D eigenvalue weighted by Gasteiger charge is 2.37. The molecule has 5 heterocycles. The van der Waals surface area contributed by atoms with Crippen molar-refractivity contribution in [1.29, 1.82) is 0 Å². The quantitative estimate of drug-likeness (QED) is 0.559. The number of rotatable bonds is 3. The van der Waals surface area contributed by atoms with Crippen LogP contribution in [0.1, 0.15) is 46.8 Å². The normalized spacial score (nSPS) is 17.5. The molecule has 0 fully saturated rings. The topological polar surface area (TPSA) is 84.1 Å². The Balaban J connectivity index is 1.63. The molecule has 10 heteroatoms.